The molecule has 0 radical (unpaired) electrons. The molecular weight excluding hydrogens is 204 g/mol. The lowest BCUT2D eigenvalue weighted by Crippen LogP contribution is -2.14. The Morgan fingerprint density at radius 2 is 1.73 bits per heavy atom. The fourth-order valence-corrected chi connectivity index (χ4v) is 1.19. The van der Waals surface area contributed by atoms with E-state index in [-0.39, 0.29) is 17.3 Å². The van der Waals surface area contributed by atoms with Crippen LogP contribution in [0, 0.1) is 11.6 Å². The topological polar surface area (TPSA) is 82.8 Å². The Labute approximate surface area is 83.3 Å². The van der Waals surface area contributed by atoms with E-state index in [4.69, 9.17) is 11.6 Å². The lowest BCUT2D eigenvalue weighted by Gasteiger charge is -2.03. The summed E-state index contributed by atoms with van der Waals surface area (Å²) in [5.41, 5.74) is 4.95. The van der Waals surface area contributed by atoms with E-state index in [0.29, 0.717) is 0 Å². The maximum atomic E-state index is 13.3. The van der Waals surface area contributed by atoms with Gasteiger partial charge in [-0.1, -0.05) is 6.07 Å². The molecule has 0 aliphatic heterocycles. The van der Waals surface area contributed by atoms with E-state index in [1.807, 2.05) is 0 Å². The van der Waals surface area contributed by atoms with Gasteiger partial charge in [0.25, 0.3) is 0 Å². The van der Waals surface area contributed by atoms with Crippen molar-refractivity contribution in [3.63, 3.8) is 0 Å². The van der Waals surface area contributed by atoms with E-state index >= 15 is 0 Å². The SMILES string of the molecule is Nc1nnc(-c2c(F)cccc2F)n1N. The Balaban J connectivity index is 2.69. The largest absolute Gasteiger partial charge is 0.366 e. The first-order valence-electron chi connectivity index (χ1n) is 4.01. The second-order valence-corrected chi connectivity index (χ2v) is 2.85. The molecule has 2 aromatic rings. The van der Waals surface area contributed by atoms with Crippen molar-refractivity contribution in [3.8, 4) is 11.4 Å². The Bertz CT molecular complexity index is 487. The van der Waals surface area contributed by atoms with Crippen molar-refractivity contribution in [1.82, 2.24) is 14.9 Å². The Morgan fingerprint density at radius 1 is 1.13 bits per heavy atom. The molecule has 4 N–H and O–H groups in total. The number of nitrogens with zero attached hydrogens (tertiary/aromatic N) is 3. The van der Waals surface area contributed by atoms with Gasteiger partial charge in [-0.2, -0.15) is 0 Å². The molecule has 1 heterocycles. The molecule has 78 valence electrons. The number of aromatic nitrogens is 3. The molecule has 0 aliphatic rings. The van der Waals surface area contributed by atoms with E-state index in [1.54, 1.807) is 0 Å². The van der Waals surface area contributed by atoms with Crippen LogP contribution in [0.4, 0.5) is 14.7 Å². The van der Waals surface area contributed by atoms with E-state index in [0.717, 1.165) is 16.8 Å². The zero-order valence-electron chi connectivity index (χ0n) is 7.48. The second kappa shape index (κ2) is 3.19. The summed E-state index contributed by atoms with van der Waals surface area (Å²) in [7, 11) is 0. The van der Waals surface area contributed by atoms with Crippen LogP contribution in [0.3, 0.4) is 0 Å². The van der Waals surface area contributed by atoms with Crippen molar-refractivity contribution in [1.29, 1.82) is 0 Å². The van der Waals surface area contributed by atoms with Gasteiger partial charge in [0.1, 0.15) is 11.6 Å². The van der Waals surface area contributed by atoms with Crippen molar-refractivity contribution >= 4 is 5.95 Å². The summed E-state index contributed by atoms with van der Waals surface area (Å²) in [6.07, 6.45) is 0. The monoisotopic (exact) mass is 211 g/mol. The summed E-state index contributed by atoms with van der Waals surface area (Å²) in [6.45, 7) is 0. The first-order chi connectivity index (χ1) is 7.11. The van der Waals surface area contributed by atoms with Gasteiger partial charge in [-0.15, -0.1) is 10.2 Å². The van der Waals surface area contributed by atoms with E-state index in [9.17, 15) is 8.78 Å². The minimum Gasteiger partial charge on any atom is -0.366 e. The zero-order chi connectivity index (χ0) is 11.0. The smallest absolute Gasteiger partial charge is 0.241 e. The number of nitrogens with two attached hydrogens (primary N) is 2. The molecule has 2 rings (SSSR count). The number of hydrogen-bond donors (Lipinski definition) is 2. The highest BCUT2D eigenvalue weighted by molar-refractivity contribution is 5.58. The Hall–Kier alpha value is -2.18. The molecule has 1 aromatic heterocycles. The van der Waals surface area contributed by atoms with Crippen LogP contribution < -0.4 is 11.6 Å². The molecule has 0 amide bonds. The molecule has 0 spiro atoms. The van der Waals surface area contributed by atoms with E-state index < -0.39 is 11.6 Å². The van der Waals surface area contributed by atoms with Crippen LogP contribution in [-0.4, -0.2) is 14.9 Å². The van der Waals surface area contributed by atoms with Crippen molar-refractivity contribution in [2.75, 3.05) is 11.6 Å². The van der Waals surface area contributed by atoms with Gasteiger partial charge >= 0.3 is 0 Å². The van der Waals surface area contributed by atoms with Crippen molar-refractivity contribution < 1.29 is 8.78 Å². The third-order valence-corrected chi connectivity index (χ3v) is 1.91. The number of anilines is 1. The zero-order valence-corrected chi connectivity index (χ0v) is 7.48. The van der Waals surface area contributed by atoms with Crippen molar-refractivity contribution in [2.24, 2.45) is 0 Å². The number of benzene rings is 1. The third-order valence-electron chi connectivity index (χ3n) is 1.91. The molecule has 15 heavy (non-hydrogen) atoms. The predicted octanol–water partition coefficient (Wildman–Crippen LogP) is 0.519. The van der Waals surface area contributed by atoms with Crippen molar-refractivity contribution in [2.45, 2.75) is 0 Å². The van der Waals surface area contributed by atoms with Gasteiger partial charge < -0.3 is 11.6 Å². The molecule has 0 unspecified atom stereocenters. The molecule has 0 atom stereocenters. The summed E-state index contributed by atoms with van der Waals surface area (Å²) in [5, 5.41) is 6.90. The van der Waals surface area contributed by atoms with Gasteiger partial charge in [-0.25, -0.2) is 13.5 Å². The fraction of sp³-hybridized carbons (Fsp3) is 0. The molecule has 1 aromatic carbocycles. The molecule has 5 nitrogen and oxygen atoms in total. The van der Waals surface area contributed by atoms with Gasteiger partial charge in [0.15, 0.2) is 5.82 Å². The molecule has 0 saturated carbocycles. The Kier molecular flexibility index (Phi) is 2.00. The van der Waals surface area contributed by atoms with Crippen LogP contribution >= 0.6 is 0 Å². The third kappa shape index (κ3) is 1.37. The van der Waals surface area contributed by atoms with Gasteiger partial charge in [0.2, 0.25) is 5.95 Å². The maximum Gasteiger partial charge on any atom is 0.241 e. The summed E-state index contributed by atoms with van der Waals surface area (Å²) in [5.74, 6) is 3.60. The summed E-state index contributed by atoms with van der Waals surface area (Å²) in [4.78, 5) is 0. The van der Waals surface area contributed by atoms with Crippen LogP contribution in [0.1, 0.15) is 0 Å². The standard InChI is InChI=1S/C8H7F2N5/c9-4-2-1-3-5(10)6(4)7-13-14-8(11)15(7)12/h1-3H,12H2,(H2,11,14). The molecule has 0 saturated heterocycles. The lowest BCUT2D eigenvalue weighted by atomic mass is 10.2. The summed E-state index contributed by atoms with van der Waals surface area (Å²) in [6, 6.07) is 3.45. The summed E-state index contributed by atoms with van der Waals surface area (Å²) >= 11 is 0. The summed E-state index contributed by atoms with van der Waals surface area (Å²) < 4.78 is 27.4. The first-order valence-corrected chi connectivity index (χ1v) is 4.01. The minimum absolute atomic E-state index is 0.118. The maximum absolute atomic E-state index is 13.3. The van der Waals surface area contributed by atoms with E-state index in [1.165, 1.54) is 6.07 Å². The second-order valence-electron chi connectivity index (χ2n) is 2.85. The van der Waals surface area contributed by atoms with Crippen LogP contribution in [0.15, 0.2) is 18.2 Å². The van der Waals surface area contributed by atoms with Crippen LogP contribution in [0.25, 0.3) is 11.4 Å². The minimum atomic E-state index is -0.769. The number of halogens is 2. The number of nitrogen functional groups attached to an aromatic ring is 2. The average Bonchev–Trinajstić information content (AvgIpc) is 2.49. The lowest BCUT2D eigenvalue weighted by molar-refractivity contribution is 0.586. The molecule has 0 bridgehead atoms. The van der Waals surface area contributed by atoms with Gasteiger partial charge in [0.05, 0.1) is 5.56 Å². The van der Waals surface area contributed by atoms with E-state index in [2.05, 4.69) is 10.2 Å². The predicted molar refractivity (Wildman–Crippen MR) is 49.9 cm³/mol. The van der Waals surface area contributed by atoms with Crippen LogP contribution in [0.2, 0.25) is 0 Å². The van der Waals surface area contributed by atoms with Crippen LogP contribution in [0.5, 0.6) is 0 Å². The van der Waals surface area contributed by atoms with Crippen molar-refractivity contribution in [3.05, 3.63) is 29.8 Å². The van der Waals surface area contributed by atoms with Gasteiger partial charge in [0, 0.05) is 0 Å². The van der Waals surface area contributed by atoms with Gasteiger partial charge in [-0.05, 0) is 12.1 Å². The fourth-order valence-electron chi connectivity index (χ4n) is 1.19. The number of hydrogen-bond acceptors (Lipinski definition) is 4. The van der Waals surface area contributed by atoms with Gasteiger partial charge in [-0.3, -0.25) is 0 Å². The Morgan fingerprint density at radius 3 is 2.20 bits per heavy atom. The molecule has 0 aliphatic carbocycles. The number of rotatable bonds is 1. The van der Waals surface area contributed by atoms with Crippen LogP contribution in [-0.2, 0) is 0 Å². The first kappa shape index (κ1) is 9.38. The average molecular weight is 211 g/mol. The normalized spacial score (nSPS) is 10.5. The highest BCUT2D eigenvalue weighted by atomic mass is 19.1. The molecule has 7 heteroatoms. The molecular formula is C8H7F2N5. The highest BCUT2D eigenvalue weighted by Gasteiger charge is 2.17. The quantitative estimate of drug-likeness (QED) is 0.673. The molecule has 0 fully saturated rings. The highest BCUT2D eigenvalue weighted by Crippen LogP contribution is 2.23.